The molecule has 9 heteroatoms. The molecule has 3 aromatic rings. The van der Waals surface area contributed by atoms with Gasteiger partial charge in [-0.15, -0.1) is 11.8 Å². The maximum Gasteiger partial charge on any atom is 0.208 e. The number of imidazole rings is 1. The van der Waals surface area contributed by atoms with E-state index in [-0.39, 0.29) is 5.37 Å². The molecule has 3 heterocycles. The van der Waals surface area contributed by atoms with Crippen molar-refractivity contribution in [2.24, 2.45) is 0 Å². The Morgan fingerprint density at radius 2 is 2.21 bits per heavy atom. The molecule has 1 aliphatic rings. The summed E-state index contributed by atoms with van der Waals surface area (Å²) >= 11 is 7.52. The van der Waals surface area contributed by atoms with Gasteiger partial charge < -0.3 is 15.5 Å². The average Bonchev–Trinajstić information content (AvgIpc) is 3.24. The Balaban J connectivity index is 1.72. The van der Waals surface area contributed by atoms with Crippen LogP contribution in [0, 0.1) is 11.8 Å². The second-order valence-corrected chi connectivity index (χ2v) is 7.95. The van der Waals surface area contributed by atoms with E-state index < -0.39 is 12.2 Å². The van der Waals surface area contributed by atoms with E-state index in [9.17, 15) is 10.2 Å². The molecule has 28 heavy (non-hydrogen) atoms. The molecule has 144 valence electrons. The van der Waals surface area contributed by atoms with E-state index in [1.807, 2.05) is 24.3 Å². The summed E-state index contributed by atoms with van der Waals surface area (Å²) < 4.78 is 1.77. The second-order valence-electron chi connectivity index (χ2n) is 6.36. The number of rotatable bonds is 4. The lowest BCUT2D eigenvalue weighted by atomic mass is 10.2. The van der Waals surface area contributed by atoms with E-state index in [4.69, 9.17) is 11.6 Å². The zero-order chi connectivity index (χ0) is 19.7. The van der Waals surface area contributed by atoms with Crippen LogP contribution in [0.25, 0.3) is 11.2 Å². The van der Waals surface area contributed by atoms with Crippen LogP contribution < -0.4 is 5.32 Å². The van der Waals surface area contributed by atoms with Crippen LogP contribution >= 0.6 is 23.4 Å². The lowest BCUT2D eigenvalue weighted by Crippen LogP contribution is -2.27. The van der Waals surface area contributed by atoms with Gasteiger partial charge in [-0.25, -0.2) is 15.0 Å². The van der Waals surface area contributed by atoms with Crippen LogP contribution in [0.3, 0.4) is 0 Å². The molecule has 1 aromatic carbocycles. The summed E-state index contributed by atoms with van der Waals surface area (Å²) in [5.41, 5.74) is 2.15. The number of aliphatic hydroxyl groups is 2. The smallest absolute Gasteiger partial charge is 0.208 e. The Bertz CT molecular complexity index is 1080. The Labute approximate surface area is 171 Å². The fraction of sp³-hybridized carbons (Fsp3) is 0.316. The van der Waals surface area contributed by atoms with Crippen LogP contribution in [0.15, 0.2) is 30.6 Å². The molecule has 1 aliphatic heterocycles. The summed E-state index contributed by atoms with van der Waals surface area (Å²) in [6.45, 7) is 2.23. The average molecular weight is 416 g/mol. The Kier molecular flexibility index (Phi) is 5.42. The maximum absolute atomic E-state index is 10.3. The fourth-order valence-electron chi connectivity index (χ4n) is 3.06. The molecule has 7 nitrogen and oxygen atoms in total. The Morgan fingerprint density at radius 3 is 2.93 bits per heavy atom. The topological polar surface area (TPSA) is 96.1 Å². The lowest BCUT2D eigenvalue weighted by Gasteiger charge is -2.17. The van der Waals surface area contributed by atoms with Crippen molar-refractivity contribution in [2.45, 2.75) is 31.1 Å². The molecule has 1 fully saturated rings. The highest BCUT2D eigenvalue weighted by atomic mass is 35.5. The molecule has 0 unspecified atom stereocenters. The molecule has 4 rings (SSSR count). The number of thioether (sulfide) groups is 1. The molecular weight excluding hydrogens is 398 g/mol. The van der Waals surface area contributed by atoms with E-state index >= 15 is 0 Å². The van der Waals surface area contributed by atoms with Crippen molar-refractivity contribution >= 4 is 40.3 Å². The van der Waals surface area contributed by atoms with Crippen molar-refractivity contribution in [3.05, 3.63) is 47.0 Å². The van der Waals surface area contributed by atoms with Gasteiger partial charge in [0, 0.05) is 17.3 Å². The van der Waals surface area contributed by atoms with Crippen LogP contribution in [0.5, 0.6) is 0 Å². The first-order chi connectivity index (χ1) is 13.6. The number of halogens is 1. The number of anilines is 1. The van der Waals surface area contributed by atoms with Gasteiger partial charge >= 0.3 is 0 Å². The number of hydrogen-bond acceptors (Lipinski definition) is 7. The summed E-state index contributed by atoms with van der Waals surface area (Å²) in [7, 11) is 0. The second kappa shape index (κ2) is 7.97. The number of fused-ring (bicyclic) bond motifs is 1. The van der Waals surface area contributed by atoms with Crippen molar-refractivity contribution in [3.63, 3.8) is 0 Å². The number of aliphatic hydroxyl groups excluding tert-OH is 2. The van der Waals surface area contributed by atoms with Crippen LogP contribution in [-0.4, -0.2) is 47.7 Å². The largest absolute Gasteiger partial charge is 0.389 e. The standard InChI is InChI=1S/C19H18ClN5O2S/c1-2-4-14-23-17(21-8-11-5-3-6-12(20)7-11)15-18(24-14)25(10-22-15)19-16(27)13(26)9-28-19/h3,5-7,10,13,16,19,26-27H,8-9H2,1H3,(H,21,23,24)/t13-,16-,19-/m1/s1. The molecule has 0 radical (unpaired) electrons. The highest BCUT2D eigenvalue weighted by Gasteiger charge is 2.36. The van der Waals surface area contributed by atoms with Gasteiger partial charge in [-0.1, -0.05) is 29.7 Å². The number of aromatic nitrogens is 4. The lowest BCUT2D eigenvalue weighted by molar-refractivity contribution is 0.0313. The van der Waals surface area contributed by atoms with Crippen molar-refractivity contribution in [1.82, 2.24) is 19.5 Å². The van der Waals surface area contributed by atoms with Crippen molar-refractivity contribution in [2.75, 3.05) is 11.1 Å². The molecule has 0 bridgehead atoms. The SMILES string of the molecule is CC#Cc1nc(NCc2cccc(Cl)c2)c2ncn([C@@H]3SC[C@@H](O)[C@H]3O)c2n1. The van der Waals surface area contributed by atoms with Crippen molar-refractivity contribution < 1.29 is 10.2 Å². The first kappa shape index (κ1) is 19.0. The third-order valence-electron chi connectivity index (χ3n) is 4.41. The van der Waals surface area contributed by atoms with Gasteiger partial charge in [0.05, 0.1) is 12.4 Å². The first-order valence-corrected chi connectivity index (χ1v) is 10.1. The van der Waals surface area contributed by atoms with Gasteiger partial charge in [-0.05, 0) is 30.5 Å². The van der Waals surface area contributed by atoms with Gasteiger partial charge in [0.25, 0.3) is 0 Å². The van der Waals surface area contributed by atoms with E-state index in [0.717, 1.165) is 5.56 Å². The molecule has 0 aliphatic carbocycles. The van der Waals surface area contributed by atoms with E-state index in [1.165, 1.54) is 11.8 Å². The Morgan fingerprint density at radius 1 is 1.36 bits per heavy atom. The number of benzene rings is 1. The summed E-state index contributed by atoms with van der Waals surface area (Å²) in [6.07, 6.45) is -0.0445. The predicted octanol–water partition coefficient (Wildman–Crippen LogP) is 2.43. The van der Waals surface area contributed by atoms with Crippen LogP contribution in [-0.2, 0) is 6.54 Å². The highest BCUT2D eigenvalue weighted by Crippen LogP contribution is 2.38. The molecule has 0 spiro atoms. The van der Waals surface area contributed by atoms with Crippen LogP contribution in [0.4, 0.5) is 5.82 Å². The van der Waals surface area contributed by atoms with Gasteiger partial charge in [-0.2, -0.15) is 0 Å². The quantitative estimate of drug-likeness (QED) is 0.563. The highest BCUT2D eigenvalue weighted by molar-refractivity contribution is 7.99. The van der Waals surface area contributed by atoms with E-state index in [2.05, 4.69) is 32.1 Å². The molecular formula is C19H18ClN5O2S. The molecule has 0 saturated carbocycles. The maximum atomic E-state index is 10.3. The fourth-order valence-corrected chi connectivity index (χ4v) is 4.55. The minimum absolute atomic E-state index is 0.363. The summed E-state index contributed by atoms with van der Waals surface area (Å²) in [5, 5.41) is 23.8. The normalized spacial score (nSPS) is 21.5. The number of nitrogens with one attached hydrogen (secondary N) is 1. The molecule has 3 N–H and O–H groups in total. The van der Waals surface area contributed by atoms with Crippen molar-refractivity contribution in [3.8, 4) is 11.8 Å². The minimum atomic E-state index is -0.888. The van der Waals surface area contributed by atoms with Crippen LogP contribution in [0.2, 0.25) is 5.02 Å². The third kappa shape index (κ3) is 3.66. The summed E-state index contributed by atoms with van der Waals surface area (Å²) in [4.78, 5) is 13.4. The first-order valence-electron chi connectivity index (χ1n) is 8.70. The monoisotopic (exact) mass is 415 g/mol. The molecule has 3 atom stereocenters. The van der Waals surface area contributed by atoms with Gasteiger partial charge in [0.15, 0.2) is 17.0 Å². The van der Waals surface area contributed by atoms with E-state index in [0.29, 0.717) is 40.1 Å². The zero-order valence-corrected chi connectivity index (χ0v) is 16.6. The predicted molar refractivity (Wildman–Crippen MR) is 110 cm³/mol. The molecule has 0 amide bonds. The molecule has 2 aromatic heterocycles. The van der Waals surface area contributed by atoms with E-state index in [1.54, 1.807) is 17.8 Å². The van der Waals surface area contributed by atoms with Gasteiger partial charge in [-0.3, -0.25) is 4.57 Å². The zero-order valence-electron chi connectivity index (χ0n) is 15.0. The van der Waals surface area contributed by atoms with Crippen molar-refractivity contribution in [1.29, 1.82) is 0 Å². The van der Waals surface area contributed by atoms with Gasteiger partial charge in [0.1, 0.15) is 11.5 Å². The third-order valence-corrected chi connectivity index (χ3v) is 6.02. The Hall–Kier alpha value is -2.31. The molecule has 1 saturated heterocycles. The summed E-state index contributed by atoms with van der Waals surface area (Å²) in [5.74, 6) is 7.07. The number of nitrogens with zero attached hydrogens (tertiary/aromatic N) is 4. The minimum Gasteiger partial charge on any atom is -0.389 e. The van der Waals surface area contributed by atoms with Crippen LogP contribution in [0.1, 0.15) is 23.7 Å². The number of hydrogen-bond donors (Lipinski definition) is 3. The van der Waals surface area contributed by atoms with Gasteiger partial charge in [0.2, 0.25) is 5.82 Å². The summed E-state index contributed by atoms with van der Waals surface area (Å²) in [6, 6.07) is 7.56.